The maximum Gasteiger partial charge on any atom is 0.263 e. The van der Waals surface area contributed by atoms with E-state index in [9.17, 15) is 24.0 Å². The number of carbonyl (C=O) groups is 5. The van der Waals surface area contributed by atoms with Crippen LogP contribution in [0, 0.1) is 0 Å². The topological polar surface area (TPSA) is 126 Å². The second kappa shape index (κ2) is 18.4. The molecule has 3 fully saturated rings. The van der Waals surface area contributed by atoms with Crippen LogP contribution in [0.2, 0.25) is 0 Å². The monoisotopic (exact) mass is 870 g/mol. The molecule has 4 aliphatic heterocycles. The number of hydrogen-bond donors (Lipinski definition) is 2. The Balaban J connectivity index is 0.664. The number of piperazine rings is 1. The summed E-state index contributed by atoms with van der Waals surface area (Å²) in [6.07, 6.45) is 11.9. The molecule has 2 N–H and O–H groups in total. The molecule has 1 aliphatic carbocycles. The van der Waals surface area contributed by atoms with Gasteiger partial charge in [-0.05, 0) is 92.3 Å². The first-order valence-electron chi connectivity index (χ1n) is 23.6. The molecule has 4 aromatic rings. The smallest absolute Gasteiger partial charge is 0.263 e. The lowest BCUT2D eigenvalue weighted by atomic mass is 9.70. The Kier molecular flexibility index (Phi) is 12.7. The molecule has 4 amide bonds. The Morgan fingerprint density at radius 1 is 0.746 bits per heavy atom. The fourth-order valence-electron chi connectivity index (χ4n) is 11.0. The molecule has 63 heavy (non-hydrogen) atoms. The Labute approximate surface area is 375 Å². The van der Waals surface area contributed by atoms with Crippen molar-refractivity contribution in [1.82, 2.24) is 25.0 Å². The van der Waals surface area contributed by atoms with Gasteiger partial charge in [0.25, 0.3) is 11.8 Å². The maximum atomic E-state index is 14.1. The van der Waals surface area contributed by atoms with Crippen molar-refractivity contribution in [2.75, 3.05) is 56.5 Å². The molecule has 0 bridgehead atoms. The molecule has 11 nitrogen and oxygen atoms in total. The van der Waals surface area contributed by atoms with Crippen molar-refractivity contribution >= 4 is 57.8 Å². The number of nitrogens with zero attached hydrogens (tertiary/aromatic N) is 4. The summed E-state index contributed by atoms with van der Waals surface area (Å²) in [4.78, 5) is 78.1. The molecule has 5 aliphatic rings. The summed E-state index contributed by atoms with van der Waals surface area (Å²) in [6, 6.07) is 17.8. The second-order valence-corrected chi connectivity index (χ2v) is 19.9. The first-order valence-corrected chi connectivity index (χ1v) is 24.6. The van der Waals surface area contributed by atoms with Crippen LogP contribution in [0.25, 0.3) is 10.9 Å². The minimum atomic E-state index is -0.942. The number of benzene rings is 3. The van der Waals surface area contributed by atoms with Gasteiger partial charge in [-0.2, -0.15) is 0 Å². The van der Waals surface area contributed by atoms with Crippen molar-refractivity contribution in [3.63, 3.8) is 0 Å². The number of para-hydroxylation sites is 1. The zero-order valence-electron chi connectivity index (χ0n) is 37.2. The van der Waals surface area contributed by atoms with Crippen molar-refractivity contribution in [3.8, 4) is 0 Å². The van der Waals surface area contributed by atoms with Crippen LogP contribution in [-0.4, -0.2) is 113 Å². The average molecular weight is 871 g/mol. The van der Waals surface area contributed by atoms with Gasteiger partial charge in [0.05, 0.1) is 16.7 Å². The number of H-pyrrole nitrogens is 1. The fourth-order valence-corrected chi connectivity index (χ4v) is 12.0. The normalized spacial score (nSPS) is 20.7. The summed E-state index contributed by atoms with van der Waals surface area (Å²) in [7, 11) is 0. The molecule has 3 saturated heterocycles. The van der Waals surface area contributed by atoms with Gasteiger partial charge in [-0.15, -0.1) is 11.8 Å². The number of aromatic nitrogens is 1. The van der Waals surface area contributed by atoms with E-state index in [1.165, 1.54) is 62.7 Å². The summed E-state index contributed by atoms with van der Waals surface area (Å²) in [6.45, 7) is 14.6. The first kappa shape index (κ1) is 43.5. The van der Waals surface area contributed by atoms with Gasteiger partial charge in [-0.25, -0.2) is 0 Å². The van der Waals surface area contributed by atoms with E-state index in [0.717, 1.165) is 107 Å². The largest absolute Gasteiger partial charge is 0.371 e. The molecule has 0 radical (unpaired) electrons. The molecule has 1 unspecified atom stereocenters. The SMILES string of the molecule is CCc1cc2c(cc1N1CCC(N3CCN(CCCCCCCCCSc4cccc5c4C(=O)N(C4CCC(=O)NC4=O)C5=O)CC3)CC1)C(C)(C)c1[nH]c3ccccc3c1C2=O. The van der Waals surface area contributed by atoms with E-state index in [1.54, 1.807) is 23.9 Å². The molecule has 1 atom stereocenters. The highest BCUT2D eigenvalue weighted by atomic mass is 32.2. The fraction of sp³-hybridized carbons (Fsp3) is 0.510. The van der Waals surface area contributed by atoms with Crippen LogP contribution in [-0.2, 0) is 21.4 Å². The van der Waals surface area contributed by atoms with E-state index in [2.05, 4.69) is 70.0 Å². The summed E-state index contributed by atoms with van der Waals surface area (Å²) >= 11 is 1.61. The maximum absolute atomic E-state index is 14.1. The van der Waals surface area contributed by atoms with Crippen molar-refractivity contribution in [3.05, 3.63) is 93.7 Å². The van der Waals surface area contributed by atoms with Gasteiger partial charge in [-0.3, -0.25) is 39.1 Å². The number of thioether (sulfide) groups is 1. The number of piperidine rings is 2. The highest BCUT2D eigenvalue weighted by Crippen LogP contribution is 2.46. The Hall–Kier alpha value is -4.78. The van der Waals surface area contributed by atoms with Crippen LogP contribution in [0.15, 0.2) is 59.5 Å². The van der Waals surface area contributed by atoms with Crippen molar-refractivity contribution < 1.29 is 24.0 Å². The molecule has 5 heterocycles. The lowest BCUT2D eigenvalue weighted by molar-refractivity contribution is -0.136. The van der Waals surface area contributed by atoms with Gasteiger partial charge in [0.1, 0.15) is 6.04 Å². The van der Waals surface area contributed by atoms with Crippen molar-refractivity contribution in [2.24, 2.45) is 0 Å². The minimum absolute atomic E-state index is 0.114. The summed E-state index contributed by atoms with van der Waals surface area (Å²) in [5.41, 5.74) is 7.94. The molecule has 0 spiro atoms. The predicted molar refractivity (Wildman–Crippen MR) is 249 cm³/mol. The minimum Gasteiger partial charge on any atom is -0.371 e. The quantitative estimate of drug-likeness (QED) is 0.0693. The van der Waals surface area contributed by atoms with E-state index < -0.39 is 23.8 Å². The number of amides is 4. The number of aromatic amines is 1. The molecule has 9 rings (SSSR count). The van der Waals surface area contributed by atoms with E-state index >= 15 is 0 Å². The number of hydrogen-bond acceptors (Lipinski definition) is 9. The van der Waals surface area contributed by atoms with Gasteiger partial charge in [-0.1, -0.05) is 77.1 Å². The molecule has 1 aromatic heterocycles. The summed E-state index contributed by atoms with van der Waals surface area (Å²) in [5, 5.41) is 3.29. The van der Waals surface area contributed by atoms with Gasteiger partial charge in [0.2, 0.25) is 11.8 Å². The second-order valence-electron chi connectivity index (χ2n) is 18.8. The van der Waals surface area contributed by atoms with Gasteiger partial charge in [0.15, 0.2) is 5.78 Å². The van der Waals surface area contributed by atoms with Crippen molar-refractivity contribution in [2.45, 2.75) is 120 Å². The van der Waals surface area contributed by atoms with Gasteiger partial charge in [0, 0.05) is 89.9 Å². The van der Waals surface area contributed by atoms with Crippen molar-refractivity contribution in [1.29, 1.82) is 0 Å². The van der Waals surface area contributed by atoms with Gasteiger partial charge < -0.3 is 14.8 Å². The number of imide groups is 2. The number of ketones is 1. The average Bonchev–Trinajstić information content (AvgIpc) is 3.82. The number of nitrogens with one attached hydrogen (secondary N) is 2. The number of carbonyl (C=O) groups excluding carboxylic acids is 5. The number of anilines is 1. The molecule has 3 aromatic carbocycles. The van der Waals surface area contributed by atoms with Crippen LogP contribution in [0.3, 0.4) is 0 Å². The first-order chi connectivity index (χ1) is 30.5. The van der Waals surface area contributed by atoms with Crippen LogP contribution >= 0.6 is 11.8 Å². The summed E-state index contributed by atoms with van der Waals surface area (Å²) < 4.78 is 0. The third kappa shape index (κ3) is 8.39. The molecule has 12 heteroatoms. The molecule has 0 saturated carbocycles. The lowest BCUT2D eigenvalue weighted by Gasteiger charge is -2.44. The van der Waals surface area contributed by atoms with Gasteiger partial charge >= 0.3 is 0 Å². The highest BCUT2D eigenvalue weighted by molar-refractivity contribution is 7.99. The van der Waals surface area contributed by atoms with Crippen LogP contribution < -0.4 is 10.2 Å². The Morgan fingerprint density at radius 3 is 2.22 bits per heavy atom. The van der Waals surface area contributed by atoms with Crippen LogP contribution in [0.4, 0.5) is 5.69 Å². The van der Waals surface area contributed by atoms with Crippen LogP contribution in [0.1, 0.15) is 145 Å². The highest BCUT2D eigenvalue weighted by Gasteiger charge is 2.46. The molecular formula is C51H62N6O5S. The summed E-state index contributed by atoms with van der Waals surface area (Å²) in [5.74, 6) is -0.829. The number of fused-ring (bicyclic) bond motifs is 5. The number of rotatable bonds is 15. The standard InChI is InChI=1S/C51H62N6O5S/c1-4-33-31-37-38(51(2,3)47-45(46(37)59)35-15-10-11-17-39(35)52-47)32-41(33)56-24-21-34(22-25-56)55-28-26-54(27-29-55)23-12-8-6-5-7-9-13-30-63-42-18-14-16-36-44(42)50(62)57(49(36)61)40-19-20-43(58)53-48(40)60/h10-11,14-18,31-32,34,40,52H,4-9,12-13,19-30H2,1-3H3,(H,53,58,60). The molecule has 332 valence electrons. The molecular weight excluding hydrogens is 809 g/mol. The van der Waals surface area contributed by atoms with E-state index in [-0.39, 0.29) is 29.9 Å². The van der Waals surface area contributed by atoms with Crippen LogP contribution in [0.5, 0.6) is 0 Å². The number of aryl methyl sites for hydroxylation is 1. The Morgan fingerprint density at radius 2 is 1.48 bits per heavy atom. The zero-order valence-corrected chi connectivity index (χ0v) is 38.0. The lowest BCUT2D eigenvalue weighted by Crippen LogP contribution is -2.54. The third-order valence-electron chi connectivity index (χ3n) is 14.6. The van der Waals surface area contributed by atoms with E-state index in [0.29, 0.717) is 17.2 Å². The third-order valence-corrected chi connectivity index (χ3v) is 15.8. The number of unbranched alkanes of at least 4 members (excludes halogenated alkanes) is 6. The van der Waals surface area contributed by atoms with E-state index in [1.807, 2.05) is 18.2 Å². The Bertz CT molecular complexity index is 2430. The predicted octanol–water partition coefficient (Wildman–Crippen LogP) is 8.11. The van der Waals surface area contributed by atoms with E-state index in [4.69, 9.17) is 0 Å². The zero-order chi connectivity index (χ0) is 43.8.